The highest BCUT2D eigenvalue weighted by Crippen LogP contribution is 2.22. The van der Waals surface area contributed by atoms with Crippen LogP contribution in [0.2, 0.25) is 0 Å². The number of carboxylic acid groups (broad SMARTS) is 1. The number of carbonyl (C=O) groups is 1. The third-order valence-corrected chi connectivity index (χ3v) is 2.41. The Hall–Kier alpha value is -0.470. The zero-order chi connectivity index (χ0) is 11.4. The Balaban J connectivity index is 3.70. The van der Waals surface area contributed by atoms with Gasteiger partial charge in [-0.05, 0) is 0 Å². The third kappa shape index (κ3) is 5.30. The summed E-state index contributed by atoms with van der Waals surface area (Å²) in [5, 5.41) is 16.8. The Morgan fingerprint density at radius 2 is 1.93 bits per heavy atom. The van der Waals surface area contributed by atoms with E-state index >= 15 is 0 Å². The number of aliphatic hydroxyl groups is 1. The maximum atomic E-state index is 11.7. The van der Waals surface area contributed by atoms with Crippen LogP contribution in [0.15, 0.2) is 0 Å². The van der Waals surface area contributed by atoms with E-state index in [0.29, 0.717) is 11.8 Å². The highest BCUT2D eigenvalue weighted by molar-refractivity contribution is 7.99. The second-order valence-electron chi connectivity index (χ2n) is 2.54. The predicted molar refractivity (Wildman–Crippen MR) is 45.0 cm³/mol. The smallest absolute Gasteiger partial charge is 0.415 e. The summed E-state index contributed by atoms with van der Waals surface area (Å²) in [6.07, 6.45) is -7.10. The minimum atomic E-state index is -4.67. The fourth-order valence-electron chi connectivity index (χ4n) is 0.472. The fourth-order valence-corrected chi connectivity index (χ4v) is 1.42. The molecule has 0 fully saturated rings. The SMILES string of the molecule is N[C@H](CSCC(O)C(F)(F)F)C(=O)O. The van der Waals surface area contributed by atoms with E-state index in [2.05, 4.69) is 0 Å². The fraction of sp³-hybridized carbons (Fsp3) is 0.833. The Morgan fingerprint density at radius 1 is 1.43 bits per heavy atom. The van der Waals surface area contributed by atoms with Gasteiger partial charge in [0, 0.05) is 11.5 Å². The molecule has 0 radical (unpaired) electrons. The van der Waals surface area contributed by atoms with Crippen LogP contribution >= 0.6 is 11.8 Å². The predicted octanol–water partition coefficient (Wildman–Crippen LogP) is 0.0547. The topological polar surface area (TPSA) is 83.5 Å². The van der Waals surface area contributed by atoms with Gasteiger partial charge in [0.1, 0.15) is 6.04 Å². The Morgan fingerprint density at radius 3 is 2.29 bits per heavy atom. The molecular weight excluding hydrogens is 223 g/mol. The normalized spacial score (nSPS) is 16.4. The summed E-state index contributed by atoms with van der Waals surface area (Å²) in [5.74, 6) is -2.05. The van der Waals surface area contributed by atoms with E-state index < -0.39 is 30.0 Å². The first-order valence-corrected chi connectivity index (χ1v) is 4.71. The van der Waals surface area contributed by atoms with Crippen LogP contribution in [0.3, 0.4) is 0 Å². The van der Waals surface area contributed by atoms with Crippen LogP contribution in [0.1, 0.15) is 0 Å². The van der Waals surface area contributed by atoms with Gasteiger partial charge in [-0.2, -0.15) is 24.9 Å². The molecule has 0 aromatic heterocycles. The van der Waals surface area contributed by atoms with Crippen molar-refractivity contribution < 1.29 is 28.2 Å². The molecule has 0 amide bonds. The van der Waals surface area contributed by atoms with Crippen molar-refractivity contribution in [2.45, 2.75) is 18.3 Å². The molecule has 8 heteroatoms. The molecule has 0 aliphatic heterocycles. The molecule has 0 saturated carbocycles. The van der Waals surface area contributed by atoms with Crippen molar-refractivity contribution in [2.24, 2.45) is 5.73 Å². The van der Waals surface area contributed by atoms with Gasteiger partial charge in [-0.15, -0.1) is 0 Å². The third-order valence-electron chi connectivity index (χ3n) is 1.27. The van der Waals surface area contributed by atoms with Crippen LogP contribution in [0, 0.1) is 0 Å². The maximum absolute atomic E-state index is 11.7. The molecule has 0 heterocycles. The highest BCUT2D eigenvalue weighted by Gasteiger charge is 2.37. The number of rotatable bonds is 5. The molecule has 0 aliphatic carbocycles. The molecule has 4 N–H and O–H groups in total. The molecule has 14 heavy (non-hydrogen) atoms. The number of aliphatic carboxylic acids is 1. The first-order valence-electron chi connectivity index (χ1n) is 3.56. The van der Waals surface area contributed by atoms with Gasteiger partial charge in [0.15, 0.2) is 6.10 Å². The summed E-state index contributed by atoms with van der Waals surface area (Å²) in [6, 6.07) is -1.21. The molecule has 1 unspecified atom stereocenters. The van der Waals surface area contributed by atoms with Crippen LogP contribution in [-0.4, -0.2) is 46.0 Å². The van der Waals surface area contributed by atoms with Crippen molar-refractivity contribution >= 4 is 17.7 Å². The van der Waals surface area contributed by atoms with Gasteiger partial charge in [-0.25, -0.2) is 0 Å². The van der Waals surface area contributed by atoms with Crippen molar-refractivity contribution in [3.05, 3.63) is 0 Å². The summed E-state index contributed by atoms with van der Waals surface area (Å²) in [7, 11) is 0. The number of nitrogens with two attached hydrogens (primary N) is 1. The Kier molecular flexibility index (Phi) is 5.24. The van der Waals surface area contributed by atoms with Gasteiger partial charge >= 0.3 is 12.1 Å². The molecule has 0 saturated heterocycles. The summed E-state index contributed by atoms with van der Waals surface area (Å²) >= 11 is 0.649. The highest BCUT2D eigenvalue weighted by atomic mass is 32.2. The average molecular weight is 233 g/mol. The van der Waals surface area contributed by atoms with Crippen LogP contribution in [0.5, 0.6) is 0 Å². The molecule has 4 nitrogen and oxygen atoms in total. The Labute approximate surface area is 82.3 Å². The van der Waals surface area contributed by atoms with Crippen LogP contribution in [0.25, 0.3) is 0 Å². The molecule has 0 aliphatic rings. The lowest BCUT2D eigenvalue weighted by molar-refractivity contribution is -0.195. The molecule has 0 aromatic carbocycles. The number of hydrogen-bond donors (Lipinski definition) is 3. The first kappa shape index (κ1) is 13.5. The standard InChI is InChI=1S/C6H10F3NO3S/c7-6(8,9)4(11)2-14-1-3(10)5(12)13/h3-4,11H,1-2,10H2,(H,12,13)/t3-,4?/m1/s1. The van der Waals surface area contributed by atoms with Gasteiger partial charge in [0.25, 0.3) is 0 Å². The van der Waals surface area contributed by atoms with Crippen molar-refractivity contribution in [2.75, 3.05) is 11.5 Å². The van der Waals surface area contributed by atoms with E-state index in [4.69, 9.17) is 15.9 Å². The lowest BCUT2D eigenvalue weighted by Crippen LogP contribution is -2.35. The lowest BCUT2D eigenvalue weighted by atomic mass is 10.4. The molecule has 84 valence electrons. The lowest BCUT2D eigenvalue weighted by Gasteiger charge is -2.14. The number of carboxylic acids is 1. The van der Waals surface area contributed by atoms with E-state index in [1.807, 2.05) is 0 Å². The van der Waals surface area contributed by atoms with Gasteiger partial charge < -0.3 is 15.9 Å². The summed E-state index contributed by atoms with van der Waals surface area (Å²) < 4.78 is 35.2. The van der Waals surface area contributed by atoms with Crippen LogP contribution < -0.4 is 5.73 Å². The average Bonchev–Trinajstić information content (AvgIpc) is 2.01. The van der Waals surface area contributed by atoms with Gasteiger partial charge in [-0.3, -0.25) is 4.79 Å². The summed E-state index contributed by atoms with van der Waals surface area (Å²) in [5.41, 5.74) is 5.03. The van der Waals surface area contributed by atoms with E-state index in [1.165, 1.54) is 0 Å². The van der Waals surface area contributed by atoms with E-state index in [9.17, 15) is 18.0 Å². The zero-order valence-electron chi connectivity index (χ0n) is 6.99. The van der Waals surface area contributed by atoms with E-state index in [-0.39, 0.29) is 5.75 Å². The first-order chi connectivity index (χ1) is 6.25. The monoisotopic (exact) mass is 233 g/mol. The summed E-state index contributed by atoms with van der Waals surface area (Å²) in [4.78, 5) is 10.1. The molecule has 2 atom stereocenters. The maximum Gasteiger partial charge on any atom is 0.415 e. The van der Waals surface area contributed by atoms with Gasteiger partial charge in [-0.1, -0.05) is 0 Å². The number of halogens is 3. The number of aliphatic hydroxyl groups excluding tert-OH is 1. The summed E-state index contributed by atoms with van der Waals surface area (Å²) in [6.45, 7) is 0. The number of alkyl halides is 3. The van der Waals surface area contributed by atoms with Gasteiger partial charge in [0.05, 0.1) is 0 Å². The van der Waals surface area contributed by atoms with Crippen molar-refractivity contribution in [1.29, 1.82) is 0 Å². The van der Waals surface area contributed by atoms with Crippen LogP contribution in [-0.2, 0) is 4.79 Å². The minimum absolute atomic E-state index is 0.164. The van der Waals surface area contributed by atoms with Crippen molar-refractivity contribution in [3.63, 3.8) is 0 Å². The van der Waals surface area contributed by atoms with E-state index in [1.54, 1.807) is 0 Å². The molecule has 0 bridgehead atoms. The molecule has 0 rings (SSSR count). The van der Waals surface area contributed by atoms with Gasteiger partial charge in [0.2, 0.25) is 0 Å². The molecular formula is C6H10F3NO3S. The van der Waals surface area contributed by atoms with E-state index in [0.717, 1.165) is 0 Å². The number of thioether (sulfide) groups is 1. The minimum Gasteiger partial charge on any atom is -0.480 e. The van der Waals surface area contributed by atoms with Crippen molar-refractivity contribution in [3.8, 4) is 0 Å². The van der Waals surface area contributed by atoms with Crippen molar-refractivity contribution in [1.82, 2.24) is 0 Å². The zero-order valence-corrected chi connectivity index (χ0v) is 7.81. The molecule has 0 aromatic rings. The number of hydrogen-bond acceptors (Lipinski definition) is 4. The second-order valence-corrected chi connectivity index (χ2v) is 3.61. The largest absolute Gasteiger partial charge is 0.480 e. The quantitative estimate of drug-likeness (QED) is 0.625. The Bertz CT molecular complexity index is 199. The second kappa shape index (κ2) is 5.42. The van der Waals surface area contributed by atoms with Crippen LogP contribution in [0.4, 0.5) is 13.2 Å². The molecule has 0 spiro atoms.